The summed E-state index contributed by atoms with van der Waals surface area (Å²) < 4.78 is 7.26. The molecule has 0 bridgehead atoms. The molecule has 1 N–H and O–H groups in total. The van der Waals surface area contributed by atoms with Gasteiger partial charge in [-0.3, -0.25) is 9.48 Å². The number of carbonyl (C=O) groups is 1. The summed E-state index contributed by atoms with van der Waals surface area (Å²) in [7, 11) is 3.52. The Morgan fingerprint density at radius 1 is 1.28 bits per heavy atom. The Morgan fingerprint density at radius 2 is 2.03 bits per heavy atom. The van der Waals surface area contributed by atoms with Crippen molar-refractivity contribution in [2.75, 3.05) is 26.7 Å². The van der Waals surface area contributed by atoms with Gasteiger partial charge in [0, 0.05) is 43.8 Å². The minimum atomic E-state index is -0.0897. The third-order valence-corrected chi connectivity index (χ3v) is 5.11. The highest BCUT2D eigenvalue weighted by Gasteiger charge is 2.30. The summed E-state index contributed by atoms with van der Waals surface area (Å²) in [4.78, 5) is 19.7. The molecular formula is C20H25Cl2N5O2. The molecule has 1 amide bonds. The molecule has 0 saturated carbocycles. The summed E-state index contributed by atoms with van der Waals surface area (Å²) in [6, 6.07) is 9.67. The Morgan fingerprint density at radius 3 is 2.79 bits per heavy atom. The van der Waals surface area contributed by atoms with E-state index in [1.165, 1.54) is 0 Å². The number of hydrogen-bond acceptors (Lipinski definition) is 5. The predicted octanol–water partition coefficient (Wildman–Crippen LogP) is 2.92. The second-order valence-electron chi connectivity index (χ2n) is 6.76. The van der Waals surface area contributed by atoms with Gasteiger partial charge in [0.15, 0.2) is 5.65 Å². The maximum Gasteiger partial charge on any atom is 0.256 e. The monoisotopic (exact) mass is 437 g/mol. The fourth-order valence-electron chi connectivity index (χ4n) is 3.76. The van der Waals surface area contributed by atoms with Gasteiger partial charge in [-0.15, -0.1) is 24.8 Å². The number of hydrogen-bond donors (Lipinski definition) is 1. The summed E-state index contributed by atoms with van der Waals surface area (Å²) in [5.74, 6) is 0.769. The number of piperazine rings is 1. The number of nitrogens with zero attached hydrogens (tertiary/aromatic N) is 4. The lowest BCUT2D eigenvalue weighted by atomic mass is 10.0. The Kier molecular flexibility index (Phi) is 7.46. The quantitative estimate of drug-likeness (QED) is 0.681. The zero-order chi connectivity index (χ0) is 19.0. The molecule has 2 aromatic heterocycles. The van der Waals surface area contributed by atoms with Gasteiger partial charge in [-0.2, -0.15) is 5.10 Å². The normalized spacial score (nSPS) is 16.1. The van der Waals surface area contributed by atoms with Crippen molar-refractivity contribution in [2.24, 2.45) is 7.05 Å². The van der Waals surface area contributed by atoms with Crippen LogP contribution in [0.1, 0.15) is 27.7 Å². The molecule has 29 heavy (non-hydrogen) atoms. The summed E-state index contributed by atoms with van der Waals surface area (Å²) >= 11 is 0. The number of amides is 1. The smallest absolute Gasteiger partial charge is 0.256 e. The van der Waals surface area contributed by atoms with E-state index in [1.54, 1.807) is 18.0 Å². The van der Waals surface area contributed by atoms with Crippen LogP contribution in [0.2, 0.25) is 0 Å². The molecule has 0 aliphatic carbocycles. The number of methoxy groups -OCH3 is 1. The van der Waals surface area contributed by atoms with Crippen LogP contribution in [0, 0.1) is 6.92 Å². The maximum absolute atomic E-state index is 13.3. The zero-order valence-electron chi connectivity index (χ0n) is 16.6. The van der Waals surface area contributed by atoms with Crippen LogP contribution in [0.4, 0.5) is 0 Å². The van der Waals surface area contributed by atoms with Crippen molar-refractivity contribution in [1.29, 1.82) is 0 Å². The van der Waals surface area contributed by atoms with Crippen LogP contribution in [0.25, 0.3) is 11.0 Å². The standard InChI is InChI=1S/C20H23N5O2.2ClH/c1-13-16-10-14(11-22-19(16)24(2)23-13)20(26)25-9-8-21-12-17(25)15-6-4-5-7-18(15)27-3;;/h4-7,10-11,17,21H,8-9,12H2,1-3H3;2*1H. The number of fused-ring (bicyclic) bond motifs is 1. The molecule has 1 aliphatic heterocycles. The van der Waals surface area contributed by atoms with E-state index >= 15 is 0 Å². The molecule has 4 rings (SSSR count). The van der Waals surface area contributed by atoms with Crippen molar-refractivity contribution in [3.05, 3.63) is 53.3 Å². The molecule has 0 spiro atoms. The number of ether oxygens (including phenoxy) is 1. The van der Waals surface area contributed by atoms with Crippen molar-refractivity contribution in [3.63, 3.8) is 0 Å². The number of nitrogens with one attached hydrogen (secondary N) is 1. The zero-order valence-corrected chi connectivity index (χ0v) is 18.2. The van der Waals surface area contributed by atoms with Crippen molar-refractivity contribution in [2.45, 2.75) is 13.0 Å². The molecule has 1 aromatic carbocycles. The molecule has 1 aliphatic rings. The van der Waals surface area contributed by atoms with E-state index in [0.29, 0.717) is 18.7 Å². The van der Waals surface area contributed by atoms with Crippen molar-refractivity contribution in [3.8, 4) is 5.75 Å². The predicted molar refractivity (Wildman–Crippen MR) is 117 cm³/mol. The highest BCUT2D eigenvalue weighted by atomic mass is 35.5. The fourth-order valence-corrected chi connectivity index (χ4v) is 3.76. The van der Waals surface area contributed by atoms with Crippen LogP contribution in [-0.4, -0.2) is 52.3 Å². The van der Waals surface area contributed by atoms with Crippen molar-refractivity contribution < 1.29 is 9.53 Å². The summed E-state index contributed by atoms with van der Waals surface area (Å²) in [5, 5.41) is 8.69. The summed E-state index contributed by atoms with van der Waals surface area (Å²) in [5.41, 5.74) is 3.24. The first-order chi connectivity index (χ1) is 13.1. The van der Waals surface area contributed by atoms with Gasteiger partial charge >= 0.3 is 0 Å². The van der Waals surface area contributed by atoms with Gasteiger partial charge in [0.2, 0.25) is 0 Å². The van der Waals surface area contributed by atoms with E-state index in [2.05, 4.69) is 15.4 Å². The second-order valence-corrected chi connectivity index (χ2v) is 6.76. The number of halogens is 2. The highest BCUT2D eigenvalue weighted by Crippen LogP contribution is 2.31. The molecule has 1 unspecified atom stereocenters. The molecule has 1 saturated heterocycles. The van der Waals surface area contributed by atoms with E-state index in [9.17, 15) is 4.79 Å². The Labute approximate surface area is 182 Å². The molecular weight excluding hydrogens is 413 g/mol. The first kappa shape index (κ1) is 22.9. The second kappa shape index (κ2) is 9.43. The van der Waals surface area contributed by atoms with Crippen LogP contribution in [0.5, 0.6) is 5.75 Å². The SMILES string of the molecule is COc1ccccc1C1CNCCN1C(=O)c1cnc2c(c1)c(C)nn2C.Cl.Cl. The third-order valence-electron chi connectivity index (χ3n) is 5.11. The number of aryl methyl sites for hydroxylation is 2. The molecule has 3 aromatic rings. The Balaban J connectivity index is 0.00000150. The van der Waals surface area contributed by atoms with E-state index in [-0.39, 0.29) is 36.8 Å². The highest BCUT2D eigenvalue weighted by molar-refractivity contribution is 5.97. The molecule has 7 nitrogen and oxygen atoms in total. The van der Waals surface area contributed by atoms with E-state index < -0.39 is 0 Å². The van der Waals surface area contributed by atoms with Gasteiger partial charge < -0.3 is 15.0 Å². The van der Waals surface area contributed by atoms with Gasteiger partial charge in [-0.1, -0.05) is 18.2 Å². The molecule has 1 atom stereocenters. The lowest BCUT2D eigenvalue weighted by Gasteiger charge is -2.37. The first-order valence-corrected chi connectivity index (χ1v) is 9.04. The van der Waals surface area contributed by atoms with Gasteiger partial charge in [0.1, 0.15) is 5.75 Å². The Bertz CT molecular complexity index is 1010. The molecule has 156 valence electrons. The minimum Gasteiger partial charge on any atom is -0.496 e. The number of para-hydroxylation sites is 1. The topological polar surface area (TPSA) is 72.3 Å². The molecule has 3 heterocycles. The average Bonchev–Trinajstić information content (AvgIpc) is 3.00. The summed E-state index contributed by atoms with van der Waals surface area (Å²) in [6.07, 6.45) is 1.65. The molecule has 0 radical (unpaired) electrons. The maximum atomic E-state index is 13.3. The number of aromatic nitrogens is 3. The van der Waals surface area contributed by atoms with Crippen molar-refractivity contribution >= 4 is 41.8 Å². The average molecular weight is 438 g/mol. The number of rotatable bonds is 3. The first-order valence-electron chi connectivity index (χ1n) is 9.04. The van der Waals surface area contributed by atoms with Crippen LogP contribution in [0.15, 0.2) is 36.5 Å². The minimum absolute atomic E-state index is 0. The third kappa shape index (κ3) is 4.17. The largest absolute Gasteiger partial charge is 0.496 e. The lowest BCUT2D eigenvalue weighted by molar-refractivity contribution is 0.0631. The lowest BCUT2D eigenvalue weighted by Crippen LogP contribution is -2.48. The van der Waals surface area contributed by atoms with Gasteiger partial charge in [0.05, 0.1) is 24.4 Å². The number of pyridine rings is 1. The molecule has 1 fully saturated rings. The molecule has 9 heteroatoms. The van der Waals surface area contributed by atoms with Crippen LogP contribution < -0.4 is 10.1 Å². The van der Waals surface area contributed by atoms with Crippen molar-refractivity contribution in [1.82, 2.24) is 25.0 Å². The van der Waals surface area contributed by atoms with Gasteiger partial charge in [-0.05, 0) is 19.1 Å². The van der Waals surface area contributed by atoms with E-state index in [0.717, 1.165) is 34.6 Å². The summed E-state index contributed by atoms with van der Waals surface area (Å²) in [6.45, 7) is 4.01. The van der Waals surface area contributed by atoms with Crippen LogP contribution >= 0.6 is 24.8 Å². The van der Waals surface area contributed by atoms with Gasteiger partial charge in [0.25, 0.3) is 5.91 Å². The van der Waals surface area contributed by atoms with Gasteiger partial charge in [-0.25, -0.2) is 4.98 Å². The Hall–Kier alpha value is -2.35. The van der Waals surface area contributed by atoms with E-state index in [1.807, 2.05) is 49.2 Å². The number of benzene rings is 1. The number of carbonyl (C=O) groups excluding carboxylic acids is 1. The van der Waals surface area contributed by atoms with E-state index in [4.69, 9.17) is 4.74 Å². The van der Waals surface area contributed by atoms with Crippen LogP contribution in [0.3, 0.4) is 0 Å². The fraction of sp³-hybridized carbons (Fsp3) is 0.350. The van der Waals surface area contributed by atoms with Crippen LogP contribution in [-0.2, 0) is 7.05 Å².